The molecule has 3 N–H and O–H groups in total. The highest BCUT2D eigenvalue weighted by Crippen LogP contribution is 2.42. The molecular formula is C29H40N7O10P. The summed E-state index contributed by atoms with van der Waals surface area (Å²) in [6.45, 7) is 7.51. The van der Waals surface area contributed by atoms with Crippen molar-refractivity contribution in [2.45, 2.75) is 58.3 Å². The average Bonchev–Trinajstić information content (AvgIpc) is 3.44. The molecule has 0 aliphatic heterocycles. The van der Waals surface area contributed by atoms with Gasteiger partial charge in [0.15, 0.2) is 17.0 Å². The molecule has 3 rings (SSSR count). The first-order valence-electron chi connectivity index (χ1n) is 14.4. The van der Waals surface area contributed by atoms with Crippen LogP contribution in [-0.4, -0.2) is 94.5 Å². The van der Waals surface area contributed by atoms with E-state index in [1.165, 1.54) is 54.6 Å². The number of nitrogens with one attached hydrogen (secondary N) is 3. The highest BCUT2D eigenvalue weighted by atomic mass is 31.2. The molecule has 1 atom stereocenters. The number of benzene rings is 1. The zero-order chi connectivity index (χ0) is 34.8. The van der Waals surface area contributed by atoms with E-state index in [4.69, 9.17) is 23.7 Å². The number of fused-ring (bicyclic) bond motifs is 1. The van der Waals surface area contributed by atoms with Crippen molar-refractivity contribution in [3.8, 4) is 0 Å². The van der Waals surface area contributed by atoms with Gasteiger partial charge in [-0.3, -0.25) is 19.5 Å². The fourth-order valence-electron chi connectivity index (χ4n) is 4.32. The fourth-order valence-corrected chi connectivity index (χ4v) is 6.96. The fraction of sp³-hybridized carbons (Fsp3) is 0.483. The number of methoxy groups -OCH3 is 2. The van der Waals surface area contributed by atoms with Crippen LogP contribution in [0.3, 0.4) is 0 Å². The molecule has 0 saturated carbocycles. The number of hydrogen-bond donors (Lipinski definition) is 3. The maximum atomic E-state index is 14.1. The van der Waals surface area contributed by atoms with Crippen LogP contribution in [0.5, 0.6) is 0 Å². The van der Waals surface area contributed by atoms with Gasteiger partial charge in [0, 0.05) is 0 Å². The highest BCUT2D eigenvalue weighted by molar-refractivity contribution is 7.59. The molecule has 2 heterocycles. The summed E-state index contributed by atoms with van der Waals surface area (Å²) >= 11 is 0. The minimum atomic E-state index is -3.81. The van der Waals surface area contributed by atoms with E-state index >= 15 is 0 Å². The van der Waals surface area contributed by atoms with Gasteiger partial charge >= 0.3 is 24.0 Å². The summed E-state index contributed by atoms with van der Waals surface area (Å²) in [5.74, 6) is -1.80. The third kappa shape index (κ3) is 10.3. The number of carbonyl (C=O) groups excluding carboxylic acids is 4. The first kappa shape index (κ1) is 37.0. The number of amides is 1. The molecule has 0 aliphatic rings. The Hall–Kier alpha value is -4.44. The Bertz CT molecular complexity index is 1580. The third-order valence-corrected chi connectivity index (χ3v) is 8.84. The second-order valence-corrected chi connectivity index (χ2v) is 13.5. The van der Waals surface area contributed by atoms with Crippen LogP contribution < -0.4 is 15.5 Å². The number of anilines is 1. The van der Waals surface area contributed by atoms with Gasteiger partial charge in [-0.05, 0) is 46.8 Å². The van der Waals surface area contributed by atoms with Crippen LogP contribution in [-0.2, 0) is 44.4 Å². The maximum absolute atomic E-state index is 14.1. The Morgan fingerprint density at radius 1 is 0.894 bits per heavy atom. The SMILES string of the molecule is COC(=O)C(C)(C)NP(=O)(CO[C@H](C)Cn1cnc2c(NC(=O)OCCOC(=O)c3ccccc3)ncnc21)NC(C)(C)C(=O)OC. The molecule has 1 aromatic carbocycles. The van der Waals surface area contributed by atoms with E-state index in [0.717, 1.165) is 0 Å². The molecule has 17 nitrogen and oxygen atoms in total. The van der Waals surface area contributed by atoms with E-state index in [1.54, 1.807) is 41.8 Å². The van der Waals surface area contributed by atoms with Crippen molar-refractivity contribution in [1.29, 1.82) is 0 Å². The van der Waals surface area contributed by atoms with Crippen molar-refractivity contribution in [2.75, 3.05) is 39.1 Å². The topological polar surface area (TPSA) is 211 Å². The van der Waals surface area contributed by atoms with Crippen molar-refractivity contribution < 1.29 is 47.4 Å². The van der Waals surface area contributed by atoms with E-state index in [9.17, 15) is 23.7 Å². The van der Waals surface area contributed by atoms with Crippen LogP contribution in [0, 0.1) is 0 Å². The van der Waals surface area contributed by atoms with E-state index in [-0.39, 0.29) is 31.1 Å². The van der Waals surface area contributed by atoms with Gasteiger partial charge in [0.1, 0.15) is 37.0 Å². The van der Waals surface area contributed by atoms with Crippen molar-refractivity contribution in [3.05, 3.63) is 48.5 Å². The van der Waals surface area contributed by atoms with E-state index in [0.29, 0.717) is 11.2 Å². The molecule has 3 aromatic rings. The van der Waals surface area contributed by atoms with Gasteiger partial charge < -0.3 is 28.3 Å². The van der Waals surface area contributed by atoms with Crippen LogP contribution in [0.25, 0.3) is 11.2 Å². The van der Waals surface area contributed by atoms with Gasteiger partial charge in [-0.2, -0.15) is 0 Å². The van der Waals surface area contributed by atoms with Gasteiger partial charge in [-0.15, -0.1) is 0 Å². The number of ether oxygens (including phenoxy) is 5. The summed E-state index contributed by atoms with van der Waals surface area (Å²) in [4.78, 5) is 61.7. The van der Waals surface area contributed by atoms with E-state index in [2.05, 4.69) is 30.4 Å². The lowest BCUT2D eigenvalue weighted by atomic mass is 10.1. The highest BCUT2D eigenvalue weighted by Gasteiger charge is 2.42. The number of aromatic nitrogens is 4. The molecule has 0 bridgehead atoms. The summed E-state index contributed by atoms with van der Waals surface area (Å²) in [5, 5.41) is 8.05. The molecule has 0 spiro atoms. The second-order valence-electron chi connectivity index (χ2n) is 11.4. The van der Waals surface area contributed by atoms with Crippen LogP contribution in [0.4, 0.5) is 10.6 Å². The van der Waals surface area contributed by atoms with Crippen molar-refractivity contribution in [3.63, 3.8) is 0 Å². The molecule has 47 heavy (non-hydrogen) atoms. The quantitative estimate of drug-likeness (QED) is 0.0861. The Morgan fingerprint density at radius 2 is 1.49 bits per heavy atom. The van der Waals surface area contributed by atoms with Gasteiger partial charge in [0.05, 0.1) is 38.8 Å². The smallest absolute Gasteiger partial charge is 0.412 e. The summed E-state index contributed by atoms with van der Waals surface area (Å²) in [7, 11) is -1.40. The Balaban J connectivity index is 1.62. The van der Waals surface area contributed by atoms with Gasteiger partial charge in [-0.25, -0.2) is 34.7 Å². The predicted octanol–water partition coefficient (Wildman–Crippen LogP) is 2.87. The lowest BCUT2D eigenvalue weighted by Crippen LogP contribution is -2.53. The largest absolute Gasteiger partial charge is 0.468 e. The summed E-state index contributed by atoms with van der Waals surface area (Å²) in [5.41, 5.74) is -1.79. The molecule has 0 saturated heterocycles. The Labute approximate surface area is 271 Å². The zero-order valence-corrected chi connectivity index (χ0v) is 28.2. The van der Waals surface area contributed by atoms with Crippen LogP contribution >= 0.6 is 7.44 Å². The van der Waals surface area contributed by atoms with Crippen LogP contribution in [0.1, 0.15) is 45.0 Å². The second kappa shape index (κ2) is 15.9. The first-order chi connectivity index (χ1) is 22.1. The number of carbonyl (C=O) groups is 4. The maximum Gasteiger partial charge on any atom is 0.412 e. The predicted molar refractivity (Wildman–Crippen MR) is 169 cm³/mol. The molecule has 2 aromatic heterocycles. The normalized spacial score (nSPS) is 12.7. The average molecular weight is 678 g/mol. The molecule has 1 amide bonds. The minimum Gasteiger partial charge on any atom is -0.468 e. The lowest BCUT2D eigenvalue weighted by molar-refractivity contribution is -0.146. The molecule has 0 fully saturated rings. The van der Waals surface area contributed by atoms with Gasteiger partial charge in [0.25, 0.3) is 0 Å². The molecular weight excluding hydrogens is 637 g/mol. The number of rotatable bonds is 16. The summed E-state index contributed by atoms with van der Waals surface area (Å²) in [6, 6.07) is 8.40. The molecule has 0 unspecified atom stereocenters. The van der Waals surface area contributed by atoms with Crippen LogP contribution in [0.15, 0.2) is 43.0 Å². The Morgan fingerprint density at radius 3 is 2.09 bits per heavy atom. The number of hydrogen-bond acceptors (Lipinski definition) is 13. The monoisotopic (exact) mass is 677 g/mol. The van der Waals surface area contributed by atoms with Crippen LogP contribution in [0.2, 0.25) is 0 Å². The zero-order valence-electron chi connectivity index (χ0n) is 27.3. The number of esters is 3. The first-order valence-corrected chi connectivity index (χ1v) is 16.3. The Kier molecular flexibility index (Phi) is 12.5. The summed E-state index contributed by atoms with van der Waals surface area (Å²) < 4.78 is 41.5. The third-order valence-electron chi connectivity index (χ3n) is 6.49. The van der Waals surface area contributed by atoms with Gasteiger partial charge in [-0.1, -0.05) is 18.2 Å². The molecule has 0 radical (unpaired) electrons. The standard InChI is InChI=1S/C29H40N7O10P/c1-19(46-18-47(41,34-28(2,3)25(38)42-6)35-29(4,5)26(39)43-7)15-36-17-32-21-22(30-16-31-23(21)36)33-27(40)45-14-13-44-24(37)20-11-9-8-10-12-20/h8-12,16-17,19H,13-15,18H2,1-7H3,(H2,34,35,41)(H,30,31,33,40)/t19-/m1/s1. The van der Waals surface area contributed by atoms with E-state index in [1.807, 2.05) is 0 Å². The molecule has 18 heteroatoms. The number of nitrogens with zero attached hydrogens (tertiary/aromatic N) is 4. The minimum absolute atomic E-state index is 0.0848. The van der Waals surface area contributed by atoms with Gasteiger partial charge in [0.2, 0.25) is 7.44 Å². The summed E-state index contributed by atoms with van der Waals surface area (Å²) in [6.07, 6.45) is 0.856. The van der Waals surface area contributed by atoms with E-state index < -0.39 is 55.0 Å². The van der Waals surface area contributed by atoms with Crippen molar-refractivity contribution in [1.82, 2.24) is 29.7 Å². The molecule has 256 valence electrons. The lowest BCUT2D eigenvalue weighted by Gasteiger charge is -2.35. The molecule has 0 aliphatic carbocycles. The van der Waals surface area contributed by atoms with Crippen molar-refractivity contribution in [2.24, 2.45) is 0 Å². The number of imidazole rings is 1. The van der Waals surface area contributed by atoms with Crippen molar-refractivity contribution >= 4 is 48.4 Å².